The first-order valence-electron chi connectivity index (χ1n) is 21.8. The lowest BCUT2D eigenvalue weighted by atomic mass is 10.0. The first-order chi connectivity index (χ1) is 31.2. The molecule has 3 aromatic heterocycles. The lowest BCUT2D eigenvalue weighted by Gasteiger charge is -2.26. The molecular formula is C49H53ClN8O6. The lowest BCUT2D eigenvalue weighted by molar-refractivity contribution is -0.132. The molecule has 14 nitrogen and oxygen atoms in total. The minimum atomic E-state index is -1.01. The van der Waals surface area contributed by atoms with E-state index >= 15 is 0 Å². The zero-order valence-corrected chi connectivity index (χ0v) is 36.4. The number of benzene rings is 4. The number of aromatic carboxylic acids is 1. The maximum Gasteiger partial charge on any atom is 0.337 e. The first-order valence-corrected chi connectivity index (χ1v) is 22.2. The predicted octanol–water partition coefficient (Wildman–Crippen LogP) is 10.2. The van der Waals surface area contributed by atoms with Crippen molar-refractivity contribution in [1.82, 2.24) is 35.4 Å². The number of anilines is 1. The average Bonchev–Trinajstić information content (AvgIpc) is 3.95. The Hall–Kier alpha value is -6.93. The second kappa shape index (κ2) is 22.4. The Morgan fingerprint density at radius 1 is 0.812 bits per heavy atom. The molecule has 1 aliphatic rings. The zero-order valence-electron chi connectivity index (χ0n) is 35.7. The van der Waals surface area contributed by atoms with Crippen LogP contribution < -0.4 is 20.5 Å². The number of aromatic amines is 2. The number of hydrogen-bond donors (Lipinski definition) is 5. The van der Waals surface area contributed by atoms with Crippen LogP contribution in [0.1, 0.15) is 81.0 Å². The zero-order chi connectivity index (χ0) is 44.7. The number of fused-ring (bicyclic) bond motifs is 2. The van der Waals surface area contributed by atoms with E-state index in [0.717, 1.165) is 98.2 Å². The van der Waals surface area contributed by atoms with Crippen molar-refractivity contribution in [3.05, 3.63) is 114 Å². The number of ether oxygens (including phenoxy) is 2. The number of H-pyrrole nitrogens is 2. The van der Waals surface area contributed by atoms with Gasteiger partial charge in [-0.15, -0.1) is 0 Å². The van der Waals surface area contributed by atoms with E-state index in [4.69, 9.17) is 26.8 Å². The lowest BCUT2D eigenvalue weighted by Crippen LogP contribution is -2.35. The quantitative estimate of drug-likeness (QED) is 0.0516. The number of hydrogen-bond acceptors (Lipinski definition) is 9. The van der Waals surface area contributed by atoms with Gasteiger partial charge in [0.1, 0.15) is 36.0 Å². The van der Waals surface area contributed by atoms with Crippen molar-refractivity contribution in [3.8, 4) is 39.6 Å². The Labute approximate surface area is 376 Å². The summed E-state index contributed by atoms with van der Waals surface area (Å²) in [5, 5.41) is 21.3. The molecule has 0 saturated carbocycles. The van der Waals surface area contributed by atoms with Crippen molar-refractivity contribution in [2.24, 2.45) is 0 Å². The van der Waals surface area contributed by atoms with Gasteiger partial charge in [-0.1, -0.05) is 73.7 Å². The number of para-hydroxylation sites is 2. The van der Waals surface area contributed by atoms with Gasteiger partial charge in [-0.05, 0) is 86.7 Å². The van der Waals surface area contributed by atoms with Crippen molar-refractivity contribution >= 4 is 57.1 Å². The van der Waals surface area contributed by atoms with Crippen molar-refractivity contribution in [2.45, 2.75) is 70.6 Å². The largest absolute Gasteiger partial charge is 0.491 e. The Morgan fingerprint density at radius 3 is 2.28 bits per heavy atom. The highest BCUT2D eigenvalue weighted by atomic mass is 35.5. The molecule has 0 unspecified atom stereocenters. The molecule has 1 fully saturated rings. The monoisotopic (exact) mass is 884 g/mol. The summed E-state index contributed by atoms with van der Waals surface area (Å²) < 4.78 is 11.8. The first kappa shape index (κ1) is 45.1. The van der Waals surface area contributed by atoms with E-state index < -0.39 is 5.97 Å². The molecule has 7 aromatic rings. The van der Waals surface area contributed by atoms with Crippen molar-refractivity contribution in [3.63, 3.8) is 0 Å². The van der Waals surface area contributed by atoms with Crippen LogP contribution >= 0.6 is 11.6 Å². The molecule has 332 valence electrons. The Balaban J connectivity index is 0.000000223. The highest BCUT2D eigenvalue weighted by Gasteiger charge is 2.18. The molecule has 0 atom stereocenters. The van der Waals surface area contributed by atoms with Gasteiger partial charge in [0.15, 0.2) is 5.65 Å². The van der Waals surface area contributed by atoms with Crippen molar-refractivity contribution in [1.29, 1.82) is 0 Å². The number of aromatic nitrogens is 5. The SMILES string of the molecule is Nc1ncnc2n[nH]c(-c3ccc(Oc4ccccc4)cc3)c12.O=C(CCCCCCCCC(=O)N1CCCCC1)NCCOc1ccccc1-c1cc2c(C(=O)O)c[nH]c2cc1Cl. The third kappa shape index (κ3) is 12.0. The number of likely N-dealkylation sites (tertiary alicyclic amines) is 1. The molecule has 0 aliphatic carbocycles. The van der Waals surface area contributed by atoms with E-state index in [1.807, 2.05) is 83.8 Å². The third-order valence-corrected chi connectivity index (χ3v) is 11.4. The number of nitrogens with zero attached hydrogens (tertiary/aromatic N) is 4. The van der Waals surface area contributed by atoms with E-state index in [1.165, 1.54) is 18.9 Å². The van der Waals surface area contributed by atoms with Gasteiger partial charge in [-0.3, -0.25) is 14.7 Å². The van der Waals surface area contributed by atoms with Crippen LogP contribution in [0.3, 0.4) is 0 Å². The van der Waals surface area contributed by atoms with Gasteiger partial charge >= 0.3 is 5.97 Å². The van der Waals surface area contributed by atoms with Crippen LogP contribution in [0.25, 0.3) is 44.3 Å². The summed E-state index contributed by atoms with van der Waals surface area (Å²) in [5.41, 5.74) is 10.5. The fraction of sp³-hybridized carbons (Fsp3) is 0.306. The number of carboxylic acid groups (broad SMARTS) is 1. The van der Waals surface area contributed by atoms with Crippen LogP contribution in [0.15, 0.2) is 104 Å². The fourth-order valence-corrected chi connectivity index (χ4v) is 8.02. The highest BCUT2D eigenvalue weighted by molar-refractivity contribution is 6.34. The van der Waals surface area contributed by atoms with Crippen LogP contribution in [-0.4, -0.2) is 79.2 Å². The second-order valence-electron chi connectivity index (χ2n) is 15.6. The predicted molar refractivity (Wildman–Crippen MR) is 250 cm³/mol. The summed E-state index contributed by atoms with van der Waals surface area (Å²) in [6, 6.07) is 28.2. The molecular weight excluding hydrogens is 832 g/mol. The number of rotatable bonds is 18. The number of nitrogens with one attached hydrogen (secondary N) is 3. The van der Waals surface area contributed by atoms with Gasteiger partial charge in [0.2, 0.25) is 11.8 Å². The summed E-state index contributed by atoms with van der Waals surface area (Å²) in [5.74, 6) is 1.87. The average molecular weight is 885 g/mol. The molecule has 6 N–H and O–H groups in total. The molecule has 0 radical (unpaired) electrons. The number of halogens is 1. The molecule has 8 rings (SSSR count). The van der Waals surface area contributed by atoms with Crippen LogP contribution in [0, 0.1) is 0 Å². The van der Waals surface area contributed by atoms with E-state index in [0.29, 0.717) is 70.6 Å². The summed E-state index contributed by atoms with van der Waals surface area (Å²) in [6.45, 7) is 2.53. The van der Waals surface area contributed by atoms with Crippen molar-refractivity contribution in [2.75, 3.05) is 32.0 Å². The van der Waals surface area contributed by atoms with Crippen molar-refractivity contribution < 1.29 is 29.0 Å². The minimum absolute atomic E-state index is 0.0103. The van der Waals surface area contributed by atoms with Gasteiger partial charge in [-0.2, -0.15) is 5.10 Å². The van der Waals surface area contributed by atoms with E-state index in [-0.39, 0.29) is 11.5 Å². The Morgan fingerprint density at radius 2 is 1.52 bits per heavy atom. The number of piperidine rings is 1. The summed E-state index contributed by atoms with van der Waals surface area (Å²) in [7, 11) is 0. The summed E-state index contributed by atoms with van der Waals surface area (Å²) >= 11 is 6.54. The number of nitrogen functional groups attached to an aromatic ring is 1. The van der Waals surface area contributed by atoms with Gasteiger partial charge in [0.25, 0.3) is 0 Å². The maximum atomic E-state index is 12.3. The Kier molecular flexibility index (Phi) is 15.8. The summed E-state index contributed by atoms with van der Waals surface area (Å²) in [6.07, 6.45) is 13.6. The van der Waals surface area contributed by atoms with Crippen LogP contribution in [0.2, 0.25) is 5.02 Å². The number of carboxylic acids is 1. The maximum absolute atomic E-state index is 12.3. The van der Waals surface area contributed by atoms with E-state index in [9.17, 15) is 19.5 Å². The smallest absolute Gasteiger partial charge is 0.337 e. The second-order valence-corrected chi connectivity index (χ2v) is 16.0. The minimum Gasteiger partial charge on any atom is -0.491 e. The molecule has 2 amide bonds. The van der Waals surface area contributed by atoms with E-state index in [2.05, 4.69) is 30.5 Å². The number of unbranched alkanes of at least 4 members (excludes halogenated alkanes) is 5. The molecule has 1 saturated heterocycles. The van der Waals surface area contributed by atoms with Gasteiger partial charge < -0.3 is 35.5 Å². The molecule has 15 heteroatoms. The van der Waals surface area contributed by atoms with Gasteiger partial charge in [0.05, 0.1) is 28.2 Å². The van der Waals surface area contributed by atoms with E-state index in [1.54, 1.807) is 12.1 Å². The van der Waals surface area contributed by atoms with Gasteiger partial charge in [0, 0.05) is 59.7 Å². The normalized spacial score (nSPS) is 12.4. The Bertz CT molecular complexity index is 2640. The van der Waals surface area contributed by atoms with Gasteiger partial charge in [-0.25, -0.2) is 14.8 Å². The molecule has 1 aliphatic heterocycles. The number of carbonyl (C=O) groups excluding carboxylic acids is 2. The summed E-state index contributed by atoms with van der Waals surface area (Å²) in [4.78, 5) is 49.1. The fourth-order valence-electron chi connectivity index (χ4n) is 7.75. The third-order valence-electron chi connectivity index (χ3n) is 11.1. The molecule has 4 heterocycles. The molecule has 64 heavy (non-hydrogen) atoms. The highest BCUT2D eigenvalue weighted by Crippen LogP contribution is 2.38. The van der Waals surface area contributed by atoms with Crippen LogP contribution in [-0.2, 0) is 9.59 Å². The topological polar surface area (TPSA) is 201 Å². The number of nitrogens with two attached hydrogens (primary N) is 1. The molecule has 0 spiro atoms. The van der Waals surface area contributed by atoms with Crippen LogP contribution in [0.5, 0.6) is 17.2 Å². The van der Waals surface area contributed by atoms with Crippen LogP contribution in [0.4, 0.5) is 5.82 Å². The molecule has 0 bridgehead atoms. The number of carbonyl (C=O) groups is 3. The standard InChI is InChI=1S/C32H40ClN3O5.C17H13N5O/c33-27-21-28-25(26(22-35-28)32(39)40)20-24(27)23-12-8-9-13-29(23)41-19-16-34-30(37)14-6-3-1-2-4-7-15-31(38)36-17-10-5-11-18-36;18-16-14-15(21-22-17(14)20-10-19-16)11-6-8-13(9-7-11)23-12-4-2-1-3-5-12/h8-9,12-13,20-22,35H,1-7,10-11,14-19H2,(H,34,37)(H,39,40);1-10H,(H3,18,19,20,21,22). The molecule has 4 aromatic carbocycles. The number of amides is 2.